The average molecular weight is 329 g/mol. The van der Waals surface area contributed by atoms with Crippen molar-refractivity contribution in [1.29, 1.82) is 0 Å². The molecule has 1 N–H and O–H groups in total. The van der Waals surface area contributed by atoms with Gasteiger partial charge in [0.05, 0.1) is 18.2 Å². The quantitative estimate of drug-likeness (QED) is 0.737. The highest BCUT2D eigenvalue weighted by atomic mass is 16.3. The van der Waals surface area contributed by atoms with Crippen LogP contribution in [0.1, 0.15) is 36.6 Å². The monoisotopic (exact) mass is 329 g/mol. The molecule has 1 aliphatic rings. The fourth-order valence-corrected chi connectivity index (χ4v) is 3.69. The number of nitrogens with one attached hydrogen (secondary N) is 1. The topological polar surface area (TPSA) is 71.5 Å². The maximum Gasteiger partial charge on any atom is 0.329 e. The molecule has 0 amide bonds. The van der Waals surface area contributed by atoms with Crippen molar-refractivity contribution in [2.75, 3.05) is 7.05 Å². The second-order valence-corrected chi connectivity index (χ2v) is 7.30. The molecule has 0 bridgehead atoms. The van der Waals surface area contributed by atoms with Crippen LogP contribution in [0.2, 0.25) is 0 Å². The van der Waals surface area contributed by atoms with Gasteiger partial charge in [0.15, 0.2) is 0 Å². The van der Waals surface area contributed by atoms with Crippen LogP contribution in [0.15, 0.2) is 33.9 Å². The van der Waals surface area contributed by atoms with Crippen molar-refractivity contribution in [1.82, 2.24) is 9.13 Å². The second-order valence-electron chi connectivity index (χ2n) is 7.30. The summed E-state index contributed by atoms with van der Waals surface area (Å²) in [6.45, 7) is 4.25. The van der Waals surface area contributed by atoms with Crippen LogP contribution in [-0.2, 0) is 20.5 Å². The van der Waals surface area contributed by atoms with E-state index in [1.807, 2.05) is 31.3 Å². The average Bonchev–Trinajstić information content (AvgIpc) is 2.54. The van der Waals surface area contributed by atoms with Gasteiger partial charge in [-0.25, -0.2) is 4.79 Å². The number of aromatic nitrogens is 2. The van der Waals surface area contributed by atoms with Crippen molar-refractivity contribution in [3.63, 3.8) is 0 Å². The standard InChI is InChI=1S/C18H23N3O3/c1-18(2)10-11-8-6-7-9-12(11)14(21(18)5)13-15(22)19(3)17(24)20(4)16(13)23/h6-9,14,22H,10H2,1-5H3/t14-/m0/s1. The summed E-state index contributed by atoms with van der Waals surface area (Å²) in [5, 5.41) is 12.8. The van der Waals surface area contributed by atoms with E-state index in [0.29, 0.717) is 0 Å². The fraction of sp³-hybridized carbons (Fsp3) is 0.444. The maximum absolute atomic E-state index is 12.8. The zero-order valence-corrected chi connectivity index (χ0v) is 14.7. The van der Waals surface area contributed by atoms with E-state index in [1.54, 1.807) is 0 Å². The minimum Gasteiger partial charge on any atom is -0.859 e. The Morgan fingerprint density at radius 2 is 1.79 bits per heavy atom. The Balaban J connectivity index is 2.38. The van der Waals surface area contributed by atoms with Gasteiger partial charge >= 0.3 is 5.69 Å². The van der Waals surface area contributed by atoms with E-state index in [-0.39, 0.29) is 17.1 Å². The van der Waals surface area contributed by atoms with Gasteiger partial charge in [-0.2, -0.15) is 0 Å². The third kappa shape index (κ3) is 2.21. The molecule has 1 aromatic carbocycles. The van der Waals surface area contributed by atoms with Crippen molar-refractivity contribution in [2.45, 2.75) is 31.8 Å². The molecule has 128 valence electrons. The second kappa shape index (κ2) is 5.34. The number of quaternary nitrogens is 1. The highest BCUT2D eigenvalue weighted by Crippen LogP contribution is 2.30. The molecular weight excluding hydrogens is 306 g/mol. The van der Waals surface area contributed by atoms with Gasteiger partial charge in [-0.15, -0.1) is 0 Å². The first kappa shape index (κ1) is 16.5. The van der Waals surface area contributed by atoms with Gasteiger partial charge in [-0.05, 0) is 25.3 Å². The molecule has 24 heavy (non-hydrogen) atoms. The van der Waals surface area contributed by atoms with E-state index in [9.17, 15) is 14.7 Å². The first-order valence-electron chi connectivity index (χ1n) is 8.05. The van der Waals surface area contributed by atoms with Gasteiger partial charge in [0.2, 0.25) is 0 Å². The number of likely N-dealkylation sites (N-methyl/N-ethyl adjacent to an activating group) is 1. The van der Waals surface area contributed by atoms with Crippen LogP contribution < -0.4 is 21.3 Å². The van der Waals surface area contributed by atoms with E-state index in [0.717, 1.165) is 31.6 Å². The molecule has 1 aromatic heterocycles. The summed E-state index contributed by atoms with van der Waals surface area (Å²) < 4.78 is 2.04. The summed E-state index contributed by atoms with van der Waals surface area (Å²) in [5.41, 5.74) is 1.08. The molecule has 1 unspecified atom stereocenters. The maximum atomic E-state index is 12.8. The van der Waals surface area contributed by atoms with E-state index < -0.39 is 17.1 Å². The van der Waals surface area contributed by atoms with Gasteiger partial charge in [0, 0.05) is 26.1 Å². The third-order valence-electron chi connectivity index (χ3n) is 5.43. The highest BCUT2D eigenvalue weighted by Gasteiger charge is 2.43. The molecule has 0 saturated carbocycles. The SMILES string of the molecule is Cn1c([O-])c([C@@H]2c3ccccc3CC(C)(C)[NH+]2C)c(=O)n(C)c1=O. The third-order valence-corrected chi connectivity index (χ3v) is 5.43. The van der Waals surface area contributed by atoms with Crippen LogP contribution >= 0.6 is 0 Å². The lowest BCUT2D eigenvalue weighted by atomic mass is 9.80. The lowest BCUT2D eigenvalue weighted by Gasteiger charge is -2.44. The Labute approximate surface area is 140 Å². The van der Waals surface area contributed by atoms with Gasteiger partial charge < -0.3 is 14.6 Å². The number of hydrogen-bond donors (Lipinski definition) is 1. The van der Waals surface area contributed by atoms with Crippen LogP contribution in [0.3, 0.4) is 0 Å². The Hall–Kier alpha value is -2.34. The molecule has 2 atom stereocenters. The van der Waals surface area contributed by atoms with E-state index in [1.165, 1.54) is 14.1 Å². The van der Waals surface area contributed by atoms with Gasteiger partial charge in [-0.1, -0.05) is 24.3 Å². The lowest BCUT2D eigenvalue weighted by Crippen LogP contribution is -3.18. The Bertz CT molecular complexity index is 924. The molecule has 2 heterocycles. The van der Waals surface area contributed by atoms with Crippen LogP contribution in [0.4, 0.5) is 0 Å². The first-order chi connectivity index (χ1) is 11.2. The molecule has 0 radical (unpaired) electrons. The summed E-state index contributed by atoms with van der Waals surface area (Å²) in [5.74, 6) is -0.500. The molecule has 6 heteroatoms. The van der Waals surface area contributed by atoms with Crippen LogP contribution in [0, 0.1) is 0 Å². The molecule has 0 spiro atoms. The van der Waals surface area contributed by atoms with Crippen molar-refractivity contribution in [2.24, 2.45) is 14.1 Å². The molecule has 1 aliphatic heterocycles. The molecule has 3 rings (SSSR count). The fourth-order valence-electron chi connectivity index (χ4n) is 3.69. The Morgan fingerprint density at radius 3 is 2.46 bits per heavy atom. The highest BCUT2D eigenvalue weighted by molar-refractivity contribution is 5.40. The Kier molecular flexibility index (Phi) is 3.68. The molecule has 0 fully saturated rings. The Morgan fingerprint density at radius 1 is 1.17 bits per heavy atom. The minimum atomic E-state index is -0.588. The number of benzene rings is 1. The summed E-state index contributed by atoms with van der Waals surface area (Å²) in [6.07, 6.45) is 0.867. The summed E-state index contributed by atoms with van der Waals surface area (Å²) in [4.78, 5) is 25.9. The number of nitrogens with zero attached hydrogens (tertiary/aromatic N) is 2. The van der Waals surface area contributed by atoms with E-state index >= 15 is 0 Å². The molecule has 0 saturated heterocycles. The molecule has 0 aliphatic carbocycles. The van der Waals surface area contributed by atoms with Crippen molar-refractivity contribution < 1.29 is 10.0 Å². The molecule has 2 aromatic rings. The minimum absolute atomic E-state index is 0.134. The van der Waals surface area contributed by atoms with Crippen LogP contribution in [-0.4, -0.2) is 21.7 Å². The van der Waals surface area contributed by atoms with Crippen molar-refractivity contribution in [3.8, 4) is 5.88 Å². The van der Waals surface area contributed by atoms with E-state index in [4.69, 9.17) is 0 Å². The van der Waals surface area contributed by atoms with Crippen LogP contribution in [0.25, 0.3) is 0 Å². The first-order valence-corrected chi connectivity index (χ1v) is 8.05. The summed E-state index contributed by atoms with van der Waals surface area (Å²) >= 11 is 0. The van der Waals surface area contributed by atoms with Crippen molar-refractivity contribution >= 4 is 0 Å². The lowest BCUT2D eigenvalue weighted by molar-refractivity contribution is -0.957. The number of hydrogen-bond acceptors (Lipinski definition) is 3. The number of rotatable bonds is 1. The largest absolute Gasteiger partial charge is 0.859 e. The predicted molar refractivity (Wildman–Crippen MR) is 89.3 cm³/mol. The van der Waals surface area contributed by atoms with Gasteiger partial charge in [0.1, 0.15) is 6.04 Å². The zero-order chi connectivity index (χ0) is 17.8. The zero-order valence-electron chi connectivity index (χ0n) is 14.7. The van der Waals surface area contributed by atoms with E-state index in [2.05, 4.69) is 13.8 Å². The van der Waals surface area contributed by atoms with Crippen molar-refractivity contribution in [3.05, 3.63) is 61.8 Å². The molecule has 6 nitrogen and oxygen atoms in total. The normalized spacial score (nSPS) is 22.2. The predicted octanol–water partition coefficient (Wildman–Crippen LogP) is -0.904. The van der Waals surface area contributed by atoms with Gasteiger partial charge in [-0.3, -0.25) is 9.36 Å². The summed E-state index contributed by atoms with van der Waals surface area (Å²) in [6, 6.07) is 7.54. The summed E-state index contributed by atoms with van der Waals surface area (Å²) in [7, 11) is 4.84. The molecular formula is C18H23N3O3. The van der Waals surface area contributed by atoms with Crippen LogP contribution in [0.5, 0.6) is 5.88 Å². The van der Waals surface area contributed by atoms with Gasteiger partial charge in [0.25, 0.3) is 5.56 Å². The number of fused-ring (bicyclic) bond motifs is 1. The smallest absolute Gasteiger partial charge is 0.329 e.